The molecule has 0 saturated carbocycles. The van der Waals surface area contributed by atoms with Crippen LogP contribution in [0.2, 0.25) is 0 Å². The van der Waals surface area contributed by atoms with Gasteiger partial charge in [-0.1, -0.05) is 149 Å². The van der Waals surface area contributed by atoms with Gasteiger partial charge < -0.3 is 0 Å². The molecule has 0 unspecified atom stereocenters. The summed E-state index contributed by atoms with van der Waals surface area (Å²) < 4.78 is 0. The van der Waals surface area contributed by atoms with Crippen LogP contribution in [0.1, 0.15) is 205 Å². The summed E-state index contributed by atoms with van der Waals surface area (Å²) in [5, 5.41) is 0. The molecule has 0 aliphatic rings. The molecule has 0 bridgehead atoms. The zero-order valence-corrected chi connectivity index (χ0v) is 35.0. The van der Waals surface area contributed by atoms with Crippen molar-refractivity contribution in [1.82, 2.24) is 0 Å². The Labute approximate surface area is 326 Å². The Bertz CT molecular complexity index is 1240. The fourth-order valence-corrected chi connectivity index (χ4v) is 6.61. The molecule has 2 rings (SSSR count). The molecule has 51 heavy (non-hydrogen) atoms. The van der Waals surface area contributed by atoms with Crippen LogP contribution in [-0.4, -0.2) is 11.4 Å². The fourth-order valence-electron chi connectivity index (χ4n) is 6.61. The van der Waals surface area contributed by atoms with Gasteiger partial charge in [0.05, 0.1) is 17.1 Å². The minimum Gasteiger partial charge on any atom is -0.250 e. The Morgan fingerprint density at radius 1 is 0.431 bits per heavy atom. The van der Waals surface area contributed by atoms with Crippen LogP contribution in [-0.2, 0) is 42.2 Å². The maximum Gasteiger partial charge on any atom is 0.135 e. The van der Waals surface area contributed by atoms with Crippen molar-refractivity contribution in [2.24, 2.45) is 9.98 Å². The van der Waals surface area contributed by atoms with Crippen molar-refractivity contribution in [2.75, 3.05) is 0 Å². The zero-order chi connectivity index (χ0) is 36.1. The van der Waals surface area contributed by atoms with Crippen LogP contribution in [0, 0.1) is 11.8 Å². The molecule has 0 amide bonds. The van der Waals surface area contributed by atoms with E-state index >= 15 is 0 Å². The van der Waals surface area contributed by atoms with E-state index in [-0.39, 0.29) is 16.5 Å². The van der Waals surface area contributed by atoms with Crippen molar-refractivity contribution < 1.29 is 16.5 Å². The van der Waals surface area contributed by atoms with Gasteiger partial charge in [0.1, 0.15) is 5.71 Å². The first-order valence-electron chi connectivity index (χ1n) is 21.5. The van der Waals surface area contributed by atoms with Crippen molar-refractivity contribution in [3.05, 3.63) is 58.7 Å². The third-order valence-electron chi connectivity index (χ3n) is 9.76. The Morgan fingerprint density at radius 3 is 1.24 bits per heavy atom. The predicted molar refractivity (Wildman–Crippen MR) is 225 cm³/mol. The number of hydrogen-bond acceptors (Lipinski definition) is 2. The van der Waals surface area contributed by atoms with E-state index in [2.05, 4.69) is 89.8 Å². The molecule has 3 heteroatoms. The smallest absolute Gasteiger partial charge is 0.135 e. The summed E-state index contributed by atoms with van der Waals surface area (Å²) in [5.74, 6) is 7.24. The summed E-state index contributed by atoms with van der Waals surface area (Å²) in [7, 11) is 0. The normalized spacial score (nSPS) is 11.7. The van der Waals surface area contributed by atoms with Gasteiger partial charge in [0.15, 0.2) is 0 Å². The molecule has 0 fully saturated rings. The Balaban J connectivity index is 0.0000130. The maximum atomic E-state index is 5.48. The van der Waals surface area contributed by atoms with Crippen molar-refractivity contribution in [3.8, 4) is 11.8 Å². The average molecular weight is 740 g/mol. The Kier molecular flexibility index (Phi) is 28.8. The van der Waals surface area contributed by atoms with Gasteiger partial charge >= 0.3 is 0 Å². The molecule has 0 aliphatic carbocycles. The third kappa shape index (κ3) is 21.8. The van der Waals surface area contributed by atoms with E-state index < -0.39 is 0 Å². The van der Waals surface area contributed by atoms with E-state index in [0.29, 0.717) is 0 Å². The molecule has 288 valence electrons. The van der Waals surface area contributed by atoms with Crippen molar-refractivity contribution >= 4 is 22.8 Å². The van der Waals surface area contributed by atoms with Gasteiger partial charge in [-0.15, -0.1) is 0 Å². The summed E-state index contributed by atoms with van der Waals surface area (Å²) in [6.45, 7) is 13.7. The van der Waals surface area contributed by atoms with Crippen LogP contribution in [0.5, 0.6) is 0 Å². The molecule has 2 aromatic carbocycles. The standard InChI is InChI=1S/C48H76N2.Ni/c1-7-13-19-21-22-23-24-25-26-28-34-48(50-46-39-43(31-17-11-5)36-44(40-46)32-18-12-6)47(33-27-20-14-8-2)49-45-37-41(29-15-9-3)35-42(38-45)30-16-10-4;/h35-40H,7-27,29-33H2,1-6H3;. The molecule has 0 aromatic heterocycles. The minimum atomic E-state index is 0. The minimum absolute atomic E-state index is 0. The maximum absolute atomic E-state index is 5.48. The van der Waals surface area contributed by atoms with E-state index in [1.165, 1.54) is 144 Å². The number of aliphatic imine (C=N–C) groups is 2. The molecule has 0 spiro atoms. The third-order valence-corrected chi connectivity index (χ3v) is 9.76. The summed E-state index contributed by atoms with van der Waals surface area (Å²) in [4.78, 5) is 10.9. The first kappa shape index (κ1) is 46.9. The summed E-state index contributed by atoms with van der Waals surface area (Å²) in [5.41, 5.74) is 9.79. The van der Waals surface area contributed by atoms with Gasteiger partial charge in [-0.05, 0) is 123 Å². The molecule has 0 heterocycles. The van der Waals surface area contributed by atoms with Crippen LogP contribution < -0.4 is 0 Å². The van der Waals surface area contributed by atoms with Crippen molar-refractivity contribution in [1.29, 1.82) is 0 Å². The van der Waals surface area contributed by atoms with E-state index in [4.69, 9.17) is 9.98 Å². The largest absolute Gasteiger partial charge is 0.250 e. The average Bonchev–Trinajstić information content (AvgIpc) is 3.12. The zero-order valence-electron chi connectivity index (χ0n) is 34.1. The topological polar surface area (TPSA) is 24.7 Å². The number of nitrogens with zero attached hydrogens (tertiary/aromatic N) is 2. The number of benzene rings is 2. The second-order valence-electron chi connectivity index (χ2n) is 14.8. The van der Waals surface area contributed by atoms with Crippen LogP contribution in [0.3, 0.4) is 0 Å². The molecular weight excluding hydrogens is 663 g/mol. The summed E-state index contributed by atoms with van der Waals surface area (Å²) >= 11 is 0. The molecule has 2 nitrogen and oxygen atoms in total. The van der Waals surface area contributed by atoms with Crippen LogP contribution in [0.4, 0.5) is 11.4 Å². The second kappa shape index (κ2) is 31.4. The Hall–Kier alpha value is -2.17. The number of unbranched alkanes of at least 4 members (excludes halogenated alkanes) is 15. The van der Waals surface area contributed by atoms with Gasteiger partial charge in [-0.2, -0.15) is 0 Å². The van der Waals surface area contributed by atoms with Crippen LogP contribution in [0.25, 0.3) is 0 Å². The van der Waals surface area contributed by atoms with Gasteiger partial charge in [0, 0.05) is 22.9 Å². The monoisotopic (exact) mass is 739 g/mol. The van der Waals surface area contributed by atoms with Gasteiger partial charge in [-0.3, -0.25) is 4.99 Å². The van der Waals surface area contributed by atoms with Crippen LogP contribution in [0.15, 0.2) is 46.4 Å². The number of rotatable bonds is 28. The molecule has 0 saturated heterocycles. The fraction of sp³-hybridized carbons (Fsp3) is 0.667. The van der Waals surface area contributed by atoms with E-state index in [0.717, 1.165) is 67.7 Å². The molecular formula is C48H76N2Ni. The van der Waals surface area contributed by atoms with E-state index in [9.17, 15) is 0 Å². The molecule has 0 atom stereocenters. The SMILES string of the molecule is CCCCCCCCCCC#CC(=Nc1cc(CCCC)cc(CCCC)c1)C(CCCCCC)=Nc1cc(CCCC)cc(CCCC)c1.[Ni]. The van der Waals surface area contributed by atoms with Crippen LogP contribution >= 0.6 is 0 Å². The Morgan fingerprint density at radius 2 is 0.804 bits per heavy atom. The second-order valence-corrected chi connectivity index (χ2v) is 14.8. The molecule has 2 aromatic rings. The van der Waals surface area contributed by atoms with E-state index in [1.807, 2.05) is 0 Å². The number of hydrogen-bond donors (Lipinski definition) is 0. The van der Waals surface area contributed by atoms with Gasteiger partial charge in [0.2, 0.25) is 0 Å². The summed E-state index contributed by atoms with van der Waals surface area (Å²) in [6, 6.07) is 14.2. The van der Waals surface area contributed by atoms with E-state index in [1.54, 1.807) is 0 Å². The van der Waals surface area contributed by atoms with Gasteiger partial charge in [-0.25, -0.2) is 4.99 Å². The quantitative estimate of drug-likeness (QED) is 0.0359. The number of aryl methyl sites for hydroxylation is 4. The summed E-state index contributed by atoms with van der Waals surface area (Å²) in [6.07, 6.45) is 31.5. The molecule has 0 N–H and O–H groups in total. The predicted octanol–water partition coefficient (Wildman–Crippen LogP) is 15.4. The first-order valence-corrected chi connectivity index (χ1v) is 21.5. The van der Waals surface area contributed by atoms with Crippen molar-refractivity contribution in [3.63, 3.8) is 0 Å². The van der Waals surface area contributed by atoms with Crippen molar-refractivity contribution in [2.45, 2.75) is 208 Å². The molecule has 0 aliphatic heterocycles. The first-order chi connectivity index (χ1) is 24.6. The molecule has 0 radical (unpaired) electrons. The van der Waals surface area contributed by atoms with Gasteiger partial charge in [0.25, 0.3) is 0 Å².